The molecule has 2 aromatic carbocycles. The molecule has 2 aliphatic rings. The van der Waals surface area contributed by atoms with Crippen molar-refractivity contribution in [2.24, 2.45) is 5.92 Å². The fraction of sp³-hybridized carbons (Fsp3) is 0.333. The standard InChI is InChI=1S/C27H24N8O2/c28-12-19-3-1-5-23(9-19)35-16-22(31-32-35)15-33-17-27(37-26(33)36)8-2-4-21(11-27)14-34-18-30-24-7-6-20(13-29)10-25(24)34/h1,3,5-7,9-10,16,18,21H,2,4,8,11,14-15,17H2/t21-,27-/m0/s1. The van der Waals surface area contributed by atoms with Crippen molar-refractivity contribution in [3.8, 4) is 17.8 Å². The van der Waals surface area contributed by atoms with Crippen molar-refractivity contribution < 1.29 is 9.53 Å². The molecule has 4 aromatic rings. The molecule has 1 amide bonds. The molecule has 1 aliphatic carbocycles. The van der Waals surface area contributed by atoms with E-state index in [2.05, 4.69) is 32.0 Å². The highest BCUT2D eigenvalue weighted by Gasteiger charge is 2.48. The molecule has 3 heterocycles. The van der Waals surface area contributed by atoms with Crippen LogP contribution in [-0.2, 0) is 17.8 Å². The van der Waals surface area contributed by atoms with Gasteiger partial charge in [0, 0.05) is 6.54 Å². The molecule has 0 N–H and O–H groups in total. The van der Waals surface area contributed by atoms with Crippen LogP contribution in [0.15, 0.2) is 55.0 Å². The van der Waals surface area contributed by atoms with Crippen LogP contribution in [0.1, 0.15) is 42.5 Å². The van der Waals surface area contributed by atoms with E-state index in [0.717, 1.165) is 48.9 Å². The molecule has 37 heavy (non-hydrogen) atoms. The summed E-state index contributed by atoms with van der Waals surface area (Å²) in [7, 11) is 0. The number of benzene rings is 2. The van der Waals surface area contributed by atoms with Gasteiger partial charge in [0.05, 0.1) is 65.6 Å². The minimum absolute atomic E-state index is 0.312. The summed E-state index contributed by atoms with van der Waals surface area (Å²) in [5.74, 6) is 0.331. The van der Waals surface area contributed by atoms with Gasteiger partial charge in [-0.15, -0.1) is 5.10 Å². The zero-order chi connectivity index (χ0) is 25.4. The molecule has 6 rings (SSSR count). The van der Waals surface area contributed by atoms with Crippen LogP contribution in [0.25, 0.3) is 16.7 Å². The van der Waals surface area contributed by atoms with Gasteiger partial charge in [0.2, 0.25) is 0 Å². The van der Waals surface area contributed by atoms with Gasteiger partial charge < -0.3 is 9.30 Å². The van der Waals surface area contributed by atoms with Gasteiger partial charge in [-0.05, 0) is 68.0 Å². The molecule has 0 unspecified atom stereocenters. The van der Waals surface area contributed by atoms with E-state index in [-0.39, 0.29) is 6.09 Å². The van der Waals surface area contributed by atoms with Crippen LogP contribution in [0.4, 0.5) is 4.79 Å². The molecule has 1 saturated heterocycles. The first kappa shape index (κ1) is 22.7. The average Bonchev–Trinajstić information content (AvgIpc) is 3.62. The maximum Gasteiger partial charge on any atom is 0.410 e. The number of amides is 1. The summed E-state index contributed by atoms with van der Waals surface area (Å²) in [5, 5.41) is 26.8. The molecule has 10 heteroatoms. The van der Waals surface area contributed by atoms with Crippen LogP contribution in [0.5, 0.6) is 0 Å². The van der Waals surface area contributed by atoms with Crippen LogP contribution < -0.4 is 0 Å². The third-order valence-electron chi connectivity index (χ3n) is 7.29. The predicted octanol–water partition coefficient (Wildman–Crippen LogP) is 3.94. The van der Waals surface area contributed by atoms with Crippen molar-refractivity contribution >= 4 is 17.1 Å². The highest BCUT2D eigenvalue weighted by molar-refractivity contribution is 5.77. The van der Waals surface area contributed by atoms with Crippen molar-refractivity contribution in [2.45, 2.75) is 44.4 Å². The van der Waals surface area contributed by atoms with Crippen molar-refractivity contribution in [1.29, 1.82) is 10.5 Å². The van der Waals surface area contributed by atoms with Gasteiger partial charge in [-0.1, -0.05) is 11.3 Å². The summed E-state index contributed by atoms with van der Waals surface area (Å²) in [4.78, 5) is 19.0. The number of carbonyl (C=O) groups is 1. The number of ether oxygens (including phenoxy) is 1. The van der Waals surface area contributed by atoms with Gasteiger partial charge in [-0.25, -0.2) is 14.5 Å². The summed E-state index contributed by atoms with van der Waals surface area (Å²) >= 11 is 0. The molecule has 0 radical (unpaired) electrons. The Labute approximate surface area is 213 Å². The zero-order valence-corrected chi connectivity index (χ0v) is 20.1. The second-order valence-electron chi connectivity index (χ2n) is 9.90. The lowest BCUT2D eigenvalue weighted by Gasteiger charge is -2.36. The van der Waals surface area contributed by atoms with Crippen molar-refractivity contribution in [1.82, 2.24) is 29.4 Å². The molecule has 0 bridgehead atoms. The van der Waals surface area contributed by atoms with E-state index in [1.165, 1.54) is 0 Å². The van der Waals surface area contributed by atoms with E-state index in [4.69, 9.17) is 10.00 Å². The minimum atomic E-state index is -0.509. The van der Waals surface area contributed by atoms with Crippen molar-refractivity contribution in [3.05, 3.63) is 71.8 Å². The highest BCUT2D eigenvalue weighted by atomic mass is 16.6. The first-order valence-electron chi connectivity index (χ1n) is 12.3. The molecule has 1 aliphatic heterocycles. The Balaban J connectivity index is 1.14. The highest BCUT2D eigenvalue weighted by Crippen LogP contribution is 2.41. The third kappa shape index (κ3) is 4.38. The Morgan fingerprint density at radius 2 is 2.00 bits per heavy atom. The average molecular weight is 493 g/mol. The maximum absolute atomic E-state index is 12.8. The van der Waals surface area contributed by atoms with E-state index >= 15 is 0 Å². The SMILES string of the molecule is N#Cc1cccc(-n2cc(CN3C[C@@]4(CCC[C@H](Cn5cnc6ccc(C#N)cc65)C4)OC3=O)nn2)c1. The number of carbonyl (C=O) groups excluding carboxylic acids is 1. The molecule has 1 saturated carbocycles. The molecule has 1 spiro atoms. The maximum atomic E-state index is 12.8. The van der Waals surface area contributed by atoms with Crippen molar-refractivity contribution in [3.63, 3.8) is 0 Å². The summed E-state index contributed by atoms with van der Waals surface area (Å²) in [6, 6.07) is 17.0. The monoisotopic (exact) mass is 492 g/mol. The number of imidazole rings is 1. The van der Waals surface area contributed by atoms with Gasteiger partial charge in [0.1, 0.15) is 11.3 Å². The van der Waals surface area contributed by atoms with Crippen LogP contribution in [0, 0.1) is 28.6 Å². The number of rotatable bonds is 5. The normalized spacial score (nSPS) is 21.2. The number of hydrogen-bond acceptors (Lipinski definition) is 7. The second kappa shape index (κ2) is 9.07. The molecule has 2 atom stereocenters. The van der Waals surface area contributed by atoms with Crippen LogP contribution in [0.3, 0.4) is 0 Å². The van der Waals surface area contributed by atoms with E-state index in [0.29, 0.717) is 35.8 Å². The first-order valence-corrected chi connectivity index (χ1v) is 12.3. The minimum Gasteiger partial charge on any atom is -0.441 e. The topological polar surface area (TPSA) is 126 Å². The molecule has 2 fully saturated rings. The summed E-state index contributed by atoms with van der Waals surface area (Å²) < 4.78 is 9.71. The van der Waals surface area contributed by atoms with Gasteiger partial charge in [0.25, 0.3) is 0 Å². The van der Waals surface area contributed by atoms with E-state index in [9.17, 15) is 10.1 Å². The van der Waals surface area contributed by atoms with Gasteiger partial charge >= 0.3 is 6.09 Å². The zero-order valence-electron chi connectivity index (χ0n) is 20.1. The molecule has 184 valence electrons. The second-order valence-corrected chi connectivity index (χ2v) is 9.90. The van der Waals surface area contributed by atoms with Crippen LogP contribution in [-0.4, -0.2) is 47.7 Å². The van der Waals surface area contributed by atoms with E-state index < -0.39 is 5.60 Å². The lowest BCUT2D eigenvalue weighted by atomic mass is 9.78. The van der Waals surface area contributed by atoms with Crippen LogP contribution >= 0.6 is 0 Å². The number of aromatic nitrogens is 5. The van der Waals surface area contributed by atoms with Crippen molar-refractivity contribution in [2.75, 3.05) is 6.54 Å². The Kier molecular flexibility index (Phi) is 5.57. The Morgan fingerprint density at radius 3 is 2.86 bits per heavy atom. The number of nitrogens with zero attached hydrogens (tertiary/aromatic N) is 8. The molecule has 2 aromatic heterocycles. The van der Waals surface area contributed by atoms with Gasteiger partial charge in [-0.3, -0.25) is 4.90 Å². The number of fused-ring (bicyclic) bond motifs is 1. The lowest BCUT2D eigenvalue weighted by Crippen LogP contribution is -2.40. The molecular weight excluding hydrogens is 468 g/mol. The van der Waals surface area contributed by atoms with E-state index in [1.807, 2.05) is 24.5 Å². The summed E-state index contributed by atoms with van der Waals surface area (Å²) in [6.45, 7) is 1.59. The molecule has 10 nitrogen and oxygen atoms in total. The third-order valence-corrected chi connectivity index (χ3v) is 7.29. The Bertz CT molecular complexity index is 1580. The first-order chi connectivity index (χ1) is 18.0. The van der Waals surface area contributed by atoms with Crippen LogP contribution in [0.2, 0.25) is 0 Å². The smallest absolute Gasteiger partial charge is 0.410 e. The van der Waals surface area contributed by atoms with Gasteiger partial charge in [-0.2, -0.15) is 10.5 Å². The summed E-state index contributed by atoms with van der Waals surface area (Å²) in [5.41, 5.74) is 3.86. The lowest BCUT2D eigenvalue weighted by molar-refractivity contribution is 0.00415. The fourth-order valence-corrected chi connectivity index (χ4v) is 5.61. The Morgan fingerprint density at radius 1 is 1.14 bits per heavy atom. The Hall–Kier alpha value is -4.70. The van der Waals surface area contributed by atoms with Gasteiger partial charge in [0.15, 0.2) is 0 Å². The number of nitriles is 2. The molecular formula is C27H24N8O2. The summed E-state index contributed by atoms with van der Waals surface area (Å²) in [6.07, 6.45) is 6.92. The predicted molar refractivity (Wildman–Crippen MR) is 132 cm³/mol. The quantitative estimate of drug-likeness (QED) is 0.413. The number of hydrogen-bond donors (Lipinski definition) is 0. The fourth-order valence-electron chi connectivity index (χ4n) is 5.61. The van der Waals surface area contributed by atoms with E-state index in [1.54, 1.807) is 40.0 Å². The largest absolute Gasteiger partial charge is 0.441 e.